The smallest absolute Gasteiger partial charge is 0.255 e. The average molecular weight is 470 g/mol. The van der Waals surface area contributed by atoms with Gasteiger partial charge in [0.15, 0.2) is 0 Å². The van der Waals surface area contributed by atoms with Crippen LogP contribution in [-0.2, 0) is 22.7 Å². The lowest BCUT2D eigenvalue weighted by Crippen LogP contribution is -2.46. The van der Waals surface area contributed by atoms with Crippen LogP contribution in [0.15, 0.2) is 30.3 Å². The van der Waals surface area contributed by atoms with E-state index in [9.17, 15) is 14.4 Å². The Morgan fingerprint density at radius 2 is 1.97 bits per heavy atom. The number of likely N-dealkylation sites (N-methyl/N-ethyl adjacent to an activating group) is 1. The van der Waals surface area contributed by atoms with Gasteiger partial charge in [0.25, 0.3) is 5.91 Å². The SMILES string of the molecule is CNC(=O)C(CCC=O)N1Cc2c(OCc3c(Cl)cc(Cl)cc3Cl)cccc2C1=O. The minimum atomic E-state index is -0.742. The van der Waals surface area contributed by atoms with Crippen LogP contribution in [0, 0.1) is 0 Å². The van der Waals surface area contributed by atoms with Crippen LogP contribution in [-0.4, -0.2) is 36.1 Å². The number of carbonyl (C=O) groups is 3. The van der Waals surface area contributed by atoms with Gasteiger partial charge in [0.05, 0.1) is 16.6 Å². The number of benzene rings is 2. The second-order valence-corrected chi connectivity index (χ2v) is 7.98. The van der Waals surface area contributed by atoms with Crippen LogP contribution in [0.5, 0.6) is 5.75 Å². The van der Waals surface area contributed by atoms with Crippen LogP contribution in [0.1, 0.15) is 34.3 Å². The van der Waals surface area contributed by atoms with Gasteiger partial charge in [-0.15, -0.1) is 0 Å². The first-order valence-electron chi connectivity index (χ1n) is 9.21. The third-order valence-electron chi connectivity index (χ3n) is 4.91. The molecule has 6 nitrogen and oxygen atoms in total. The van der Waals surface area contributed by atoms with E-state index in [1.54, 1.807) is 30.3 Å². The maximum atomic E-state index is 12.9. The number of halogens is 3. The van der Waals surface area contributed by atoms with E-state index in [2.05, 4.69) is 5.32 Å². The van der Waals surface area contributed by atoms with Gasteiger partial charge >= 0.3 is 0 Å². The number of ether oxygens (including phenoxy) is 1. The van der Waals surface area contributed by atoms with Crippen molar-refractivity contribution in [1.82, 2.24) is 10.2 Å². The lowest BCUT2D eigenvalue weighted by Gasteiger charge is -2.25. The third kappa shape index (κ3) is 4.56. The Morgan fingerprint density at radius 3 is 2.60 bits per heavy atom. The van der Waals surface area contributed by atoms with Gasteiger partial charge in [0.1, 0.15) is 24.7 Å². The number of hydrogen-bond acceptors (Lipinski definition) is 4. The standard InChI is InChI=1S/C21H19Cl3N2O4/c1-25-20(28)18(5-3-7-27)26-10-14-13(21(26)29)4-2-6-19(14)30-11-15-16(23)8-12(22)9-17(15)24/h2,4,6-9,18H,3,5,10-11H2,1H3,(H,25,28). The molecule has 1 aliphatic heterocycles. The Hall–Kier alpha value is -2.28. The highest BCUT2D eigenvalue weighted by Crippen LogP contribution is 2.35. The molecule has 0 saturated heterocycles. The van der Waals surface area contributed by atoms with Crippen molar-refractivity contribution in [1.29, 1.82) is 0 Å². The summed E-state index contributed by atoms with van der Waals surface area (Å²) in [6.45, 7) is 0.285. The fourth-order valence-corrected chi connectivity index (χ4v) is 4.32. The number of nitrogens with one attached hydrogen (secondary N) is 1. The topological polar surface area (TPSA) is 75.7 Å². The summed E-state index contributed by atoms with van der Waals surface area (Å²) in [5.74, 6) is -0.103. The summed E-state index contributed by atoms with van der Waals surface area (Å²) >= 11 is 18.4. The lowest BCUT2D eigenvalue weighted by molar-refractivity contribution is -0.125. The minimum absolute atomic E-state index is 0.0868. The summed E-state index contributed by atoms with van der Waals surface area (Å²) in [5, 5.41) is 3.74. The molecule has 2 aromatic carbocycles. The molecule has 1 aliphatic rings. The molecule has 0 bridgehead atoms. The van der Waals surface area contributed by atoms with Crippen molar-refractivity contribution in [3.8, 4) is 5.75 Å². The number of carbonyl (C=O) groups excluding carboxylic acids is 3. The molecule has 9 heteroatoms. The molecule has 2 amide bonds. The summed E-state index contributed by atoms with van der Waals surface area (Å²) in [6.07, 6.45) is 1.15. The lowest BCUT2D eigenvalue weighted by atomic mass is 10.1. The van der Waals surface area contributed by atoms with Gasteiger partial charge in [0, 0.05) is 35.2 Å². The van der Waals surface area contributed by atoms with Gasteiger partial charge in [0.2, 0.25) is 5.91 Å². The van der Waals surface area contributed by atoms with E-state index >= 15 is 0 Å². The van der Waals surface area contributed by atoms with Crippen LogP contribution >= 0.6 is 34.8 Å². The molecule has 1 unspecified atom stereocenters. The van der Waals surface area contributed by atoms with E-state index in [4.69, 9.17) is 39.5 Å². The Labute approximate surface area is 189 Å². The summed E-state index contributed by atoms with van der Waals surface area (Å²) in [4.78, 5) is 37.5. The summed E-state index contributed by atoms with van der Waals surface area (Å²) < 4.78 is 5.93. The highest BCUT2D eigenvalue weighted by atomic mass is 35.5. The average Bonchev–Trinajstić information content (AvgIpc) is 3.04. The number of rotatable bonds is 8. The summed E-state index contributed by atoms with van der Waals surface area (Å²) in [5.41, 5.74) is 1.71. The van der Waals surface area contributed by atoms with E-state index in [1.165, 1.54) is 11.9 Å². The fourth-order valence-electron chi connectivity index (χ4n) is 3.39. The first kappa shape index (κ1) is 22.4. The molecule has 0 fully saturated rings. The third-order valence-corrected chi connectivity index (χ3v) is 5.81. The molecule has 0 spiro atoms. The predicted molar refractivity (Wildman–Crippen MR) is 115 cm³/mol. The zero-order chi connectivity index (χ0) is 21.8. The van der Waals surface area contributed by atoms with Gasteiger partial charge in [-0.2, -0.15) is 0 Å². The molecule has 0 aliphatic carbocycles. The van der Waals surface area contributed by atoms with Crippen molar-refractivity contribution in [3.05, 3.63) is 62.1 Å². The number of hydrogen-bond donors (Lipinski definition) is 1. The van der Waals surface area contributed by atoms with E-state index in [0.717, 1.165) is 6.29 Å². The number of aldehydes is 1. The van der Waals surface area contributed by atoms with E-state index in [0.29, 0.717) is 37.5 Å². The van der Waals surface area contributed by atoms with Crippen molar-refractivity contribution in [3.63, 3.8) is 0 Å². The van der Waals surface area contributed by atoms with Gasteiger partial charge in [-0.3, -0.25) is 9.59 Å². The maximum Gasteiger partial charge on any atom is 0.255 e. The fraction of sp³-hybridized carbons (Fsp3) is 0.286. The van der Waals surface area contributed by atoms with Crippen molar-refractivity contribution in [2.75, 3.05) is 7.05 Å². The van der Waals surface area contributed by atoms with Gasteiger partial charge in [-0.25, -0.2) is 0 Å². The minimum Gasteiger partial charge on any atom is -0.488 e. The molecule has 0 saturated carbocycles. The Balaban J connectivity index is 1.84. The zero-order valence-corrected chi connectivity index (χ0v) is 18.4. The molecule has 158 valence electrons. The van der Waals surface area contributed by atoms with Crippen molar-refractivity contribution >= 4 is 52.9 Å². The van der Waals surface area contributed by atoms with Crippen LogP contribution in [0.2, 0.25) is 15.1 Å². The van der Waals surface area contributed by atoms with E-state index < -0.39 is 6.04 Å². The van der Waals surface area contributed by atoms with Gasteiger partial charge < -0.3 is 19.7 Å². The Bertz CT molecular complexity index is 973. The molecule has 1 N–H and O–H groups in total. The summed E-state index contributed by atoms with van der Waals surface area (Å²) in [6, 6.07) is 7.56. The molecular weight excluding hydrogens is 451 g/mol. The Kier molecular flexibility index (Phi) is 7.23. The quantitative estimate of drug-likeness (QED) is 0.586. The van der Waals surface area contributed by atoms with Gasteiger partial charge in [-0.1, -0.05) is 40.9 Å². The van der Waals surface area contributed by atoms with Crippen molar-refractivity contribution in [2.45, 2.75) is 32.0 Å². The highest BCUT2D eigenvalue weighted by Gasteiger charge is 2.37. The van der Waals surface area contributed by atoms with Crippen LogP contribution in [0.3, 0.4) is 0 Å². The molecule has 0 radical (unpaired) electrons. The van der Waals surface area contributed by atoms with Crippen LogP contribution in [0.25, 0.3) is 0 Å². The van der Waals surface area contributed by atoms with Crippen molar-refractivity contribution in [2.24, 2.45) is 0 Å². The van der Waals surface area contributed by atoms with Crippen LogP contribution < -0.4 is 10.1 Å². The molecule has 30 heavy (non-hydrogen) atoms. The molecule has 2 aromatic rings. The highest BCUT2D eigenvalue weighted by molar-refractivity contribution is 6.39. The van der Waals surface area contributed by atoms with Crippen LogP contribution in [0.4, 0.5) is 0 Å². The molecule has 1 heterocycles. The first-order valence-corrected chi connectivity index (χ1v) is 10.3. The second kappa shape index (κ2) is 9.69. The maximum absolute atomic E-state index is 12.9. The second-order valence-electron chi connectivity index (χ2n) is 6.73. The number of nitrogens with zero attached hydrogens (tertiary/aromatic N) is 1. The molecular formula is C21H19Cl3N2O4. The molecule has 1 atom stereocenters. The Morgan fingerprint density at radius 1 is 1.27 bits per heavy atom. The van der Waals surface area contributed by atoms with Crippen molar-refractivity contribution < 1.29 is 19.1 Å². The first-order chi connectivity index (χ1) is 14.4. The largest absolute Gasteiger partial charge is 0.488 e. The monoisotopic (exact) mass is 468 g/mol. The molecule has 0 aromatic heterocycles. The van der Waals surface area contributed by atoms with Gasteiger partial charge in [-0.05, 0) is 30.7 Å². The number of fused-ring (bicyclic) bond motifs is 1. The zero-order valence-electron chi connectivity index (χ0n) is 16.1. The van der Waals surface area contributed by atoms with E-state index in [1.807, 2.05) is 0 Å². The summed E-state index contributed by atoms with van der Waals surface area (Å²) in [7, 11) is 1.50. The van der Waals surface area contributed by atoms with E-state index in [-0.39, 0.29) is 37.8 Å². The molecule has 3 rings (SSSR count). The predicted octanol–water partition coefficient (Wildman–Crippen LogP) is 4.28. The number of amides is 2. The normalized spacial score (nSPS) is 13.7.